The van der Waals surface area contributed by atoms with E-state index in [1.54, 1.807) is 0 Å². The molecule has 2 rings (SSSR count). The molecular weight excluding hydrogens is 224 g/mol. The molecule has 1 saturated heterocycles. The van der Waals surface area contributed by atoms with Crippen LogP contribution in [0.5, 0.6) is 0 Å². The van der Waals surface area contributed by atoms with Crippen molar-refractivity contribution in [2.75, 3.05) is 19.7 Å². The minimum Gasteiger partial charge on any atom is -0.378 e. The van der Waals surface area contributed by atoms with Crippen LogP contribution >= 0.6 is 0 Å². The molecule has 0 amide bonds. The molecule has 18 heavy (non-hydrogen) atoms. The Morgan fingerprint density at radius 2 is 2.00 bits per heavy atom. The van der Waals surface area contributed by atoms with Crippen molar-refractivity contribution < 1.29 is 4.74 Å². The summed E-state index contributed by atoms with van der Waals surface area (Å²) >= 11 is 0. The van der Waals surface area contributed by atoms with Crippen LogP contribution in [0.1, 0.15) is 58.8 Å². The summed E-state index contributed by atoms with van der Waals surface area (Å²) in [7, 11) is 0. The molecule has 3 heteroatoms. The Labute approximate surface area is 112 Å². The lowest BCUT2D eigenvalue weighted by atomic mass is 9.81. The highest BCUT2D eigenvalue weighted by molar-refractivity contribution is 4.98. The Morgan fingerprint density at radius 1 is 1.28 bits per heavy atom. The van der Waals surface area contributed by atoms with Crippen LogP contribution < -0.4 is 5.73 Å². The minimum absolute atomic E-state index is 0.203. The molecule has 1 heterocycles. The van der Waals surface area contributed by atoms with E-state index in [4.69, 9.17) is 10.5 Å². The fourth-order valence-corrected chi connectivity index (χ4v) is 4.08. The zero-order valence-corrected chi connectivity index (χ0v) is 12.2. The van der Waals surface area contributed by atoms with Crippen LogP contribution in [0.4, 0.5) is 0 Å². The van der Waals surface area contributed by atoms with E-state index in [1.165, 1.54) is 32.1 Å². The van der Waals surface area contributed by atoms with Gasteiger partial charge in [-0.2, -0.15) is 0 Å². The monoisotopic (exact) mass is 254 g/mol. The van der Waals surface area contributed by atoms with Crippen molar-refractivity contribution in [3.63, 3.8) is 0 Å². The molecule has 1 aliphatic carbocycles. The summed E-state index contributed by atoms with van der Waals surface area (Å²) in [5, 5.41) is 0. The predicted octanol–water partition coefficient (Wildman–Crippen LogP) is 2.54. The SMILES string of the molecule is CCN(C1CCCCC1)C1(CN)CCOC(C)C1. The van der Waals surface area contributed by atoms with E-state index in [1.807, 2.05) is 0 Å². The standard InChI is InChI=1S/C15H30N2O/c1-3-17(14-7-5-4-6-8-14)15(12-16)9-10-18-13(2)11-15/h13-14H,3-12,16H2,1-2H3. The quantitative estimate of drug-likeness (QED) is 0.838. The van der Waals surface area contributed by atoms with Gasteiger partial charge < -0.3 is 10.5 Å². The number of nitrogens with zero attached hydrogens (tertiary/aromatic N) is 1. The van der Waals surface area contributed by atoms with Gasteiger partial charge in [-0.05, 0) is 39.2 Å². The van der Waals surface area contributed by atoms with E-state index in [9.17, 15) is 0 Å². The first-order valence-corrected chi connectivity index (χ1v) is 7.80. The summed E-state index contributed by atoms with van der Waals surface area (Å²) in [5.41, 5.74) is 6.39. The maximum atomic E-state index is 6.19. The lowest BCUT2D eigenvalue weighted by Crippen LogP contribution is -2.61. The molecule has 0 radical (unpaired) electrons. The summed E-state index contributed by atoms with van der Waals surface area (Å²) in [6.07, 6.45) is 9.52. The Bertz CT molecular complexity index is 253. The van der Waals surface area contributed by atoms with Gasteiger partial charge >= 0.3 is 0 Å². The molecule has 106 valence electrons. The Balaban J connectivity index is 2.11. The molecule has 1 saturated carbocycles. The molecule has 2 aliphatic rings. The van der Waals surface area contributed by atoms with Gasteiger partial charge in [0.15, 0.2) is 0 Å². The Hall–Kier alpha value is -0.120. The number of rotatable bonds is 4. The number of ether oxygens (including phenoxy) is 1. The lowest BCUT2D eigenvalue weighted by molar-refractivity contribution is -0.0800. The van der Waals surface area contributed by atoms with Crippen LogP contribution in [0.3, 0.4) is 0 Å². The number of likely N-dealkylation sites (N-methyl/N-ethyl adjacent to an activating group) is 1. The molecule has 3 nitrogen and oxygen atoms in total. The molecule has 0 aromatic heterocycles. The molecule has 1 aliphatic heterocycles. The molecule has 2 unspecified atom stereocenters. The fraction of sp³-hybridized carbons (Fsp3) is 1.00. The summed E-state index contributed by atoms with van der Waals surface area (Å²) < 4.78 is 5.73. The third-order valence-corrected chi connectivity index (χ3v) is 4.98. The van der Waals surface area contributed by atoms with Gasteiger partial charge in [-0.1, -0.05) is 26.2 Å². The maximum Gasteiger partial charge on any atom is 0.0565 e. The van der Waals surface area contributed by atoms with E-state index < -0.39 is 0 Å². The van der Waals surface area contributed by atoms with E-state index in [2.05, 4.69) is 18.7 Å². The van der Waals surface area contributed by atoms with Crippen LogP contribution in [-0.2, 0) is 4.74 Å². The van der Waals surface area contributed by atoms with Gasteiger partial charge in [0, 0.05) is 24.7 Å². The maximum absolute atomic E-state index is 6.19. The van der Waals surface area contributed by atoms with Crippen molar-refractivity contribution >= 4 is 0 Å². The third-order valence-electron chi connectivity index (χ3n) is 4.98. The topological polar surface area (TPSA) is 38.5 Å². The fourth-order valence-electron chi connectivity index (χ4n) is 4.08. The lowest BCUT2D eigenvalue weighted by Gasteiger charge is -2.51. The van der Waals surface area contributed by atoms with Crippen molar-refractivity contribution in [3.05, 3.63) is 0 Å². The zero-order valence-electron chi connectivity index (χ0n) is 12.2. The first-order chi connectivity index (χ1) is 8.72. The van der Waals surface area contributed by atoms with Crippen molar-refractivity contribution in [1.29, 1.82) is 0 Å². The summed E-state index contributed by atoms with van der Waals surface area (Å²) in [5.74, 6) is 0. The van der Waals surface area contributed by atoms with Crippen LogP contribution in [0.25, 0.3) is 0 Å². The smallest absolute Gasteiger partial charge is 0.0565 e. The average molecular weight is 254 g/mol. The Kier molecular flexibility index (Phi) is 5.05. The molecular formula is C15H30N2O. The second kappa shape index (κ2) is 6.36. The zero-order chi connectivity index (χ0) is 13.0. The third kappa shape index (κ3) is 2.89. The van der Waals surface area contributed by atoms with E-state index >= 15 is 0 Å². The van der Waals surface area contributed by atoms with Gasteiger partial charge in [-0.15, -0.1) is 0 Å². The summed E-state index contributed by atoms with van der Waals surface area (Å²) in [6, 6.07) is 0.762. The second-order valence-corrected chi connectivity index (χ2v) is 6.14. The number of hydrogen-bond acceptors (Lipinski definition) is 3. The molecule has 0 spiro atoms. The van der Waals surface area contributed by atoms with Crippen LogP contribution in [0.2, 0.25) is 0 Å². The van der Waals surface area contributed by atoms with Gasteiger partial charge in [0.1, 0.15) is 0 Å². The molecule has 0 bridgehead atoms. The van der Waals surface area contributed by atoms with Crippen molar-refractivity contribution in [3.8, 4) is 0 Å². The van der Waals surface area contributed by atoms with Gasteiger partial charge in [0.25, 0.3) is 0 Å². The predicted molar refractivity (Wildman–Crippen MR) is 75.7 cm³/mol. The molecule has 2 atom stereocenters. The van der Waals surface area contributed by atoms with E-state index in [0.717, 1.165) is 38.6 Å². The molecule has 2 N–H and O–H groups in total. The van der Waals surface area contributed by atoms with Crippen LogP contribution in [-0.4, -0.2) is 42.3 Å². The minimum atomic E-state index is 0.203. The summed E-state index contributed by atoms with van der Waals surface area (Å²) in [6.45, 7) is 7.28. The van der Waals surface area contributed by atoms with Crippen molar-refractivity contribution in [2.45, 2.75) is 76.5 Å². The molecule has 0 aromatic rings. The van der Waals surface area contributed by atoms with Gasteiger partial charge in [0.2, 0.25) is 0 Å². The highest BCUT2D eigenvalue weighted by Gasteiger charge is 2.42. The highest BCUT2D eigenvalue weighted by Crippen LogP contribution is 2.35. The Morgan fingerprint density at radius 3 is 2.56 bits per heavy atom. The largest absolute Gasteiger partial charge is 0.378 e. The van der Waals surface area contributed by atoms with Gasteiger partial charge in [-0.3, -0.25) is 4.90 Å². The van der Waals surface area contributed by atoms with Gasteiger partial charge in [-0.25, -0.2) is 0 Å². The van der Waals surface area contributed by atoms with Gasteiger partial charge in [0.05, 0.1) is 6.10 Å². The second-order valence-electron chi connectivity index (χ2n) is 6.14. The molecule has 2 fully saturated rings. The van der Waals surface area contributed by atoms with Crippen molar-refractivity contribution in [2.24, 2.45) is 5.73 Å². The first-order valence-electron chi connectivity index (χ1n) is 7.80. The first kappa shape index (κ1) is 14.3. The average Bonchev–Trinajstić information content (AvgIpc) is 2.41. The van der Waals surface area contributed by atoms with Crippen molar-refractivity contribution in [1.82, 2.24) is 4.90 Å². The van der Waals surface area contributed by atoms with Crippen LogP contribution in [0.15, 0.2) is 0 Å². The normalized spacial score (nSPS) is 35.0. The van der Waals surface area contributed by atoms with E-state index in [0.29, 0.717) is 6.10 Å². The summed E-state index contributed by atoms with van der Waals surface area (Å²) in [4.78, 5) is 2.73. The number of nitrogens with two attached hydrogens (primary N) is 1. The van der Waals surface area contributed by atoms with E-state index in [-0.39, 0.29) is 5.54 Å². The van der Waals surface area contributed by atoms with Crippen LogP contribution in [0, 0.1) is 0 Å². The number of hydrogen-bond donors (Lipinski definition) is 1. The molecule has 0 aromatic carbocycles. The highest BCUT2D eigenvalue weighted by atomic mass is 16.5.